The summed E-state index contributed by atoms with van der Waals surface area (Å²) in [6, 6.07) is 8.22. The molecule has 116 valence electrons. The van der Waals surface area contributed by atoms with E-state index in [9.17, 15) is 22.4 Å². The lowest BCUT2D eigenvalue weighted by Gasteiger charge is -2.11. The zero-order chi connectivity index (χ0) is 16.3. The number of aliphatic hydroxyl groups excluding tert-OH is 1. The first kappa shape index (κ1) is 16.0. The third-order valence-corrected chi connectivity index (χ3v) is 2.90. The van der Waals surface area contributed by atoms with E-state index in [0.29, 0.717) is 23.4 Å². The Morgan fingerprint density at radius 2 is 1.86 bits per heavy atom. The quantitative estimate of drug-likeness (QED) is 0.851. The molecule has 2 N–H and O–H groups in total. The summed E-state index contributed by atoms with van der Waals surface area (Å²) in [6.45, 7) is -0.238. The molecule has 2 aromatic carbocycles. The zero-order valence-corrected chi connectivity index (χ0v) is 11.1. The van der Waals surface area contributed by atoms with Crippen LogP contribution in [0.15, 0.2) is 42.5 Å². The van der Waals surface area contributed by atoms with Crippen LogP contribution in [0.5, 0.6) is 0 Å². The van der Waals surface area contributed by atoms with Gasteiger partial charge in [-0.15, -0.1) is 0 Å². The molecule has 7 heteroatoms. The van der Waals surface area contributed by atoms with Crippen molar-refractivity contribution >= 4 is 11.6 Å². The van der Waals surface area contributed by atoms with Crippen LogP contribution in [0.3, 0.4) is 0 Å². The van der Waals surface area contributed by atoms with Gasteiger partial charge >= 0.3 is 6.18 Å². The number of amides is 1. The highest BCUT2D eigenvalue weighted by Gasteiger charge is 2.34. The van der Waals surface area contributed by atoms with Gasteiger partial charge in [-0.3, -0.25) is 4.79 Å². The van der Waals surface area contributed by atoms with Crippen molar-refractivity contribution in [2.24, 2.45) is 0 Å². The second kappa shape index (κ2) is 6.15. The van der Waals surface area contributed by atoms with Crippen LogP contribution in [0.1, 0.15) is 21.5 Å². The van der Waals surface area contributed by atoms with Crippen molar-refractivity contribution in [1.29, 1.82) is 0 Å². The Balaban J connectivity index is 2.26. The Bertz CT molecular complexity index is 698. The topological polar surface area (TPSA) is 49.3 Å². The predicted octanol–water partition coefficient (Wildman–Crippen LogP) is 3.59. The monoisotopic (exact) mass is 313 g/mol. The lowest BCUT2D eigenvalue weighted by molar-refractivity contribution is -0.140. The number of hydrogen-bond acceptors (Lipinski definition) is 2. The summed E-state index contributed by atoms with van der Waals surface area (Å²) in [6.07, 6.45) is -4.88. The summed E-state index contributed by atoms with van der Waals surface area (Å²) >= 11 is 0. The fourth-order valence-electron chi connectivity index (χ4n) is 1.83. The van der Waals surface area contributed by atoms with E-state index < -0.39 is 23.5 Å². The minimum Gasteiger partial charge on any atom is -0.392 e. The van der Waals surface area contributed by atoms with Crippen LogP contribution in [-0.4, -0.2) is 11.0 Å². The number of hydrogen-bond donors (Lipinski definition) is 2. The maximum absolute atomic E-state index is 13.2. The van der Waals surface area contributed by atoms with Crippen molar-refractivity contribution in [2.45, 2.75) is 12.8 Å². The standard InChI is InChI=1S/C15H11F4NO2/c16-13-5-4-10(7-12(13)15(17,18)19)14(22)20-11-3-1-2-9(6-11)8-21/h1-7,21H,8H2,(H,20,22). The summed E-state index contributed by atoms with van der Waals surface area (Å²) in [7, 11) is 0. The Hall–Kier alpha value is -2.41. The van der Waals surface area contributed by atoms with Gasteiger partial charge in [-0.2, -0.15) is 13.2 Å². The number of alkyl halides is 3. The Morgan fingerprint density at radius 3 is 2.50 bits per heavy atom. The molecule has 22 heavy (non-hydrogen) atoms. The minimum atomic E-state index is -4.88. The van der Waals surface area contributed by atoms with E-state index in [-0.39, 0.29) is 12.2 Å². The number of carbonyl (C=O) groups excluding carboxylic acids is 1. The van der Waals surface area contributed by atoms with E-state index in [0.717, 1.165) is 6.07 Å². The lowest BCUT2D eigenvalue weighted by Crippen LogP contribution is -2.15. The molecule has 0 fully saturated rings. The number of rotatable bonds is 3. The molecule has 0 aliphatic heterocycles. The number of aliphatic hydroxyl groups is 1. The molecule has 1 amide bonds. The van der Waals surface area contributed by atoms with Crippen molar-refractivity contribution in [3.63, 3.8) is 0 Å². The van der Waals surface area contributed by atoms with Crippen LogP contribution in [0.2, 0.25) is 0 Å². The maximum atomic E-state index is 13.2. The average Bonchev–Trinajstić information content (AvgIpc) is 2.46. The highest BCUT2D eigenvalue weighted by Crippen LogP contribution is 2.32. The van der Waals surface area contributed by atoms with Gasteiger partial charge in [0.1, 0.15) is 5.82 Å². The second-order valence-electron chi connectivity index (χ2n) is 4.51. The van der Waals surface area contributed by atoms with Gasteiger partial charge in [0.05, 0.1) is 12.2 Å². The van der Waals surface area contributed by atoms with Crippen LogP contribution in [0, 0.1) is 5.82 Å². The molecular weight excluding hydrogens is 302 g/mol. The van der Waals surface area contributed by atoms with Crippen molar-refractivity contribution in [3.8, 4) is 0 Å². The molecule has 2 rings (SSSR count). The summed E-state index contributed by atoms with van der Waals surface area (Å²) in [5.41, 5.74) is -0.963. The number of halogens is 4. The molecule has 0 saturated heterocycles. The number of carbonyl (C=O) groups is 1. The highest BCUT2D eigenvalue weighted by molar-refractivity contribution is 6.04. The Kier molecular flexibility index (Phi) is 4.46. The third kappa shape index (κ3) is 3.62. The van der Waals surface area contributed by atoms with Crippen molar-refractivity contribution in [2.75, 3.05) is 5.32 Å². The smallest absolute Gasteiger partial charge is 0.392 e. The summed E-state index contributed by atoms with van der Waals surface area (Å²) < 4.78 is 51.0. The summed E-state index contributed by atoms with van der Waals surface area (Å²) in [5.74, 6) is -2.24. The van der Waals surface area contributed by atoms with Gasteiger partial charge in [0.25, 0.3) is 5.91 Å². The molecule has 2 aromatic rings. The minimum absolute atomic E-state index is 0.238. The molecule has 0 saturated carbocycles. The zero-order valence-electron chi connectivity index (χ0n) is 11.1. The van der Waals surface area contributed by atoms with Gasteiger partial charge in [-0.25, -0.2) is 4.39 Å². The first-order chi connectivity index (χ1) is 10.3. The average molecular weight is 313 g/mol. The molecular formula is C15H11F4NO2. The van der Waals surface area contributed by atoms with E-state index in [1.807, 2.05) is 0 Å². The molecule has 0 aliphatic rings. The molecule has 0 unspecified atom stereocenters. The molecule has 3 nitrogen and oxygen atoms in total. The van der Waals surface area contributed by atoms with Crippen LogP contribution in [0.4, 0.5) is 23.2 Å². The summed E-state index contributed by atoms with van der Waals surface area (Å²) in [4.78, 5) is 11.9. The first-order valence-corrected chi connectivity index (χ1v) is 6.19. The van der Waals surface area contributed by atoms with Crippen LogP contribution in [-0.2, 0) is 12.8 Å². The molecule has 0 radical (unpaired) electrons. The van der Waals surface area contributed by atoms with Crippen molar-refractivity contribution in [1.82, 2.24) is 0 Å². The number of benzene rings is 2. The molecule has 0 atom stereocenters. The normalized spacial score (nSPS) is 11.3. The van der Waals surface area contributed by atoms with Crippen molar-refractivity contribution < 1.29 is 27.5 Å². The van der Waals surface area contributed by atoms with E-state index in [1.165, 1.54) is 12.1 Å². The third-order valence-electron chi connectivity index (χ3n) is 2.90. The molecule has 0 heterocycles. The van der Waals surface area contributed by atoms with Crippen molar-refractivity contribution in [3.05, 3.63) is 65.0 Å². The maximum Gasteiger partial charge on any atom is 0.419 e. The largest absolute Gasteiger partial charge is 0.419 e. The fraction of sp³-hybridized carbons (Fsp3) is 0.133. The molecule has 0 aromatic heterocycles. The van der Waals surface area contributed by atoms with Crippen LogP contribution >= 0.6 is 0 Å². The lowest BCUT2D eigenvalue weighted by atomic mass is 10.1. The number of anilines is 1. The molecule has 0 aliphatic carbocycles. The highest BCUT2D eigenvalue weighted by atomic mass is 19.4. The van der Waals surface area contributed by atoms with Gasteiger partial charge in [0.2, 0.25) is 0 Å². The van der Waals surface area contributed by atoms with E-state index >= 15 is 0 Å². The SMILES string of the molecule is O=C(Nc1cccc(CO)c1)c1ccc(F)c(C(F)(F)F)c1. The Morgan fingerprint density at radius 1 is 1.14 bits per heavy atom. The van der Waals surface area contributed by atoms with Gasteiger partial charge in [-0.1, -0.05) is 12.1 Å². The summed E-state index contributed by atoms with van der Waals surface area (Å²) in [5, 5.41) is 11.4. The predicted molar refractivity (Wildman–Crippen MR) is 71.7 cm³/mol. The number of nitrogens with one attached hydrogen (secondary N) is 1. The van der Waals surface area contributed by atoms with Crippen LogP contribution in [0.25, 0.3) is 0 Å². The van der Waals surface area contributed by atoms with Gasteiger partial charge in [0.15, 0.2) is 0 Å². The molecule has 0 spiro atoms. The fourth-order valence-corrected chi connectivity index (χ4v) is 1.83. The van der Waals surface area contributed by atoms with E-state index in [1.54, 1.807) is 12.1 Å². The van der Waals surface area contributed by atoms with Gasteiger partial charge in [0, 0.05) is 11.3 Å². The second-order valence-corrected chi connectivity index (χ2v) is 4.51. The Labute approximate surface area is 123 Å². The van der Waals surface area contributed by atoms with E-state index in [2.05, 4.69) is 5.32 Å². The van der Waals surface area contributed by atoms with Crippen LogP contribution < -0.4 is 5.32 Å². The van der Waals surface area contributed by atoms with Gasteiger partial charge < -0.3 is 10.4 Å². The first-order valence-electron chi connectivity index (χ1n) is 6.19. The van der Waals surface area contributed by atoms with Gasteiger partial charge in [-0.05, 0) is 35.9 Å². The van der Waals surface area contributed by atoms with E-state index in [4.69, 9.17) is 5.11 Å². The molecule has 0 bridgehead atoms.